The molecule has 0 radical (unpaired) electrons. The van der Waals surface area contributed by atoms with Crippen LogP contribution in [0.1, 0.15) is 76.2 Å². The third-order valence-electron chi connectivity index (χ3n) is 5.45. The second-order valence-corrected chi connectivity index (χ2v) is 9.55. The summed E-state index contributed by atoms with van der Waals surface area (Å²) in [6.45, 7) is 13.7. The van der Waals surface area contributed by atoms with Crippen molar-refractivity contribution in [2.45, 2.75) is 91.8 Å². The van der Waals surface area contributed by atoms with E-state index in [-0.39, 0.29) is 5.60 Å². The van der Waals surface area contributed by atoms with Crippen LogP contribution in [0.3, 0.4) is 0 Å². The molecule has 0 atom stereocenters. The fourth-order valence-electron chi connectivity index (χ4n) is 3.91. The van der Waals surface area contributed by atoms with Crippen molar-refractivity contribution in [2.75, 3.05) is 13.1 Å². The molecule has 0 unspecified atom stereocenters. The van der Waals surface area contributed by atoms with Gasteiger partial charge in [-0.05, 0) is 65.5 Å². The van der Waals surface area contributed by atoms with Gasteiger partial charge in [-0.25, -0.2) is 4.99 Å². The average Bonchev–Trinajstić information content (AvgIpc) is 2.95. The van der Waals surface area contributed by atoms with Crippen molar-refractivity contribution in [1.29, 1.82) is 0 Å². The Morgan fingerprint density at radius 1 is 1.16 bits per heavy atom. The largest absolute Gasteiger partial charge is 0.488 e. The number of aliphatic imine (C=N–C) groups is 1. The Morgan fingerprint density at radius 2 is 2.00 bits per heavy atom. The molecule has 1 aliphatic rings. The number of fused-ring (bicyclic) bond motifs is 1. The van der Waals surface area contributed by atoms with E-state index in [1.54, 1.807) is 0 Å². The van der Waals surface area contributed by atoms with E-state index < -0.39 is 0 Å². The number of ether oxygens (including phenoxy) is 1. The summed E-state index contributed by atoms with van der Waals surface area (Å²) in [5, 5.41) is 15.7. The topological polar surface area (TPSA) is 76.4 Å². The van der Waals surface area contributed by atoms with E-state index in [1.807, 2.05) is 0 Å². The molecule has 0 fully saturated rings. The van der Waals surface area contributed by atoms with Crippen molar-refractivity contribution in [2.24, 2.45) is 4.99 Å². The molecule has 0 spiro atoms. The highest BCUT2D eigenvalue weighted by molar-refractivity contribution is 5.79. The molecule has 0 saturated heterocycles. The van der Waals surface area contributed by atoms with Crippen molar-refractivity contribution in [1.82, 2.24) is 25.4 Å². The van der Waals surface area contributed by atoms with Crippen molar-refractivity contribution < 1.29 is 4.74 Å². The summed E-state index contributed by atoms with van der Waals surface area (Å²) in [6, 6.07) is 6.32. The van der Waals surface area contributed by atoms with Gasteiger partial charge in [-0.3, -0.25) is 0 Å². The Bertz CT molecular complexity index is 896. The number of nitrogens with one attached hydrogen (secondary N) is 2. The van der Waals surface area contributed by atoms with Crippen LogP contribution in [0.5, 0.6) is 5.75 Å². The first-order valence-electron chi connectivity index (χ1n) is 12.1. The smallest absolute Gasteiger partial charge is 0.191 e. The molecular formula is C25H40N6O. The van der Waals surface area contributed by atoms with Gasteiger partial charge < -0.3 is 19.9 Å². The highest BCUT2D eigenvalue weighted by Crippen LogP contribution is 2.25. The molecule has 2 N–H and O–H groups in total. The Morgan fingerprint density at radius 3 is 2.78 bits per heavy atom. The molecule has 1 aromatic carbocycles. The summed E-state index contributed by atoms with van der Waals surface area (Å²) in [4.78, 5) is 4.80. The Hall–Kier alpha value is -2.57. The minimum absolute atomic E-state index is 0.241. The molecular weight excluding hydrogens is 400 g/mol. The van der Waals surface area contributed by atoms with Gasteiger partial charge in [0.1, 0.15) is 23.0 Å². The lowest BCUT2D eigenvalue weighted by Gasteiger charge is -2.23. The maximum absolute atomic E-state index is 6.17. The number of aromatic nitrogens is 3. The van der Waals surface area contributed by atoms with Gasteiger partial charge in [-0.15, -0.1) is 10.2 Å². The lowest BCUT2D eigenvalue weighted by Crippen LogP contribution is -2.38. The van der Waals surface area contributed by atoms with Gasteiger partial charge in [-0.1, -0.05) is 18.6 Å². The quantitative estimate of drug-likeness (QED) is 0.366. The van der Waals surface area contributed by atoms with E-state index in [1.165, 1.54) is 24.8 Å². The number of nitrogens with zero attached hydrogens (tertiary/aromatic N) is 4. The maximum atomic E-state index is 6.17. The highest BCUT2D eigenvalue weighted by atomic mass is 16.5. The van der Waals surface area contributed by atoms with Crippen LogP contribution in [0.4, 0.5) is 0 Å². The Kier molecular flexibility index (Phi) is 8.53. The van der Waals surface area contributed by atoms with Gasteiger partial charge in [0.05, 0.1) is 6.54 Å². The number of benzene rings is 1. The van der Waals surface area contributed by atoms with Crippen LogP contribution < -0.4 is 15.4 Å². The normalized spacial score (nSPS) is 14.6. The molecule has 0 saturated carbocycles. The van der Waals surface area contributed by atoms with Crippen LogP contribution in [-0.4, -0.2) is 39.4 Å². The zero-order valence-corrected chi connectivity index (χ0v) is 20.5. The molecule has 0 aliphatic carbocycles. The van der Waals surface area contributed by atoms with Crippen LogP contribution in [0, 0.1) is 6.92 Å². The fraction of sp³-hybridized carbons (Fsp3) is 0.640. The standard InChI is InChI=1S/C25H40N6O/c1-6-26-24(28-18-20-14-13-19(2)17-21(20)32-25(3,4)5)27-15-10-12-23-30-29-22-11-8-7-9-16-31(22)23/h13-14,17H,6-12,15-16,18H2,1-5H3,(H2,26,27,28). The van der Waals surface area contributed by atoms with Crippen molar-refractivity contribution in [3.8, 4) is 5.75 Å². The van der Waals surface area contributed by atoms with Gasteiger partial charge in [0.25, 0.3) is 0 Å². The van der Waals surface area contributed by atoms with E-state index in [9.17, 15) is 0 Å². The summed E-state index contributed by atoms with van der Waals surface area (Å²) in [7, 11) is 0. The van der Waals surface area contributed by atoms with Gasteiger partial charge in [-0.2, -0.15) is 0 Å². The van der Waals surface area contributed by atoms with Crippen molar-refractivity contribution in [3.63, 3.8) is 0 Å². The van der Waals surface area contributed by atoms with Gasteiger partial charge in [0.15, 0.2) is 5.96 Å². The summed E-state index contributed by atoms with van der Waals surface area (Å²) < 4.78 is 8.51. The van der Waals surface area contributed by atoms with E-state index >= 15 is 0 Å². The highest BCUT2D eigenvalue weighted by Gasteiger charge is 2.16. The molecule has 1 aliphatic heterocycles. The second kappa shape index (κ2) is 11.3. The van der Waals surface area contributed by atoms with Crippen LogP contribution in [0.15, 0.2) is 23.2 Å². The van der Waals surface area contributed by atoms with Crippen LogP contribution >= 0.6 is 0 Å². The monoisotopic (exact) mass is 440 g/mol. The summed E-state index contributed by atoms with van der Waals surface area (Å²) >= 11 is 0. The minimum atomic E-state index is -0.241. The summed E-state index contributed by atoms with van der Waals surface area (Å²) in [6.07, 6.45) is 6.73. The predicted molar refractivity (Wildman–Crippen MR) is 130 cm³/mol. The number of hydrogen-bond donors (Lipinski definition) is 2. The lowest BCUT2D eigenvalue weighted by molar-refractivity contribution is 0.129. The molecule has 0 amide bonds. The first-order valence-corrected chi connectivity index (χ1v) is 12.1. The SMILES string of the molecule is CCNC(=NCc1ccc(C)cc1OC(C)(C)C)NCCCc1nnc2n1CCCCC2. The zero-order valence-electron chi connectivity index (χ0n) is 20.5. The minimum Gasteiger partial charge on any atom is -0.488 e. The molecule has 176 valence electrons. The van der Waals surface area contributed by atoms with Gasteiger partial charge >= 0.3 is 0 Å². The first-order chi connectivity index (χ1) is 15.4. The van der Waals surface area contributed by atoms with Crippen LogP contribution in [-0.2, 0) is 25.9 Å². The first kappa shape index (κ1) is 24.1. The molecule has 32 heavy (non-hydrogen) atoms. The second-order valence-electron chi connectivity index (χ2n) is 9.55. The predicted octanol–water partition coefficient (Wildman–Crippen LogP) is 4.18. The number of hydrogen-bond acceptors (Lipinski definition) is 4. The third-order valence-corrected chi connectivity index (χ3v) is 5.45. The van der Waals surface area contributed by atoms with E-state index in [0.717, 1.165) is 67.8 Å². The Balaban J connectivity index is 1.56. The molecule has 1 aromatic heterocycles. The molecule has 7 nitrogen and oxygen atoms in total. The molecule has 0 bridgehead atoms. The van der Waals surface area contributed by atoms with E-state index in [4.69, 9.17) is 9.73 Å². The third kappa shape index (κ3) is 7.24. The van der Waals surface area contributed by atoms with Gasteiger partial charge in [0.2, 0.25) is 0 Å². The summed E-state index contributed by atoms with van der Waals surface area (Å²) in [5.74, 6) is 4.01. The summed E-state index contributed by atoms with van der Waals surface area (Å²) in [5.41, 5.74) is 2.04. The van der Waals surface area contributed by atoms with Crippen molar-refractivity contribution in [3.05, 3.63) is 41.0 Å². The molecule has 2 heterocycles. The molecule has 7 heteroatoms. The van der Waals surface area contributed by atoms with Crippen molar-refractivity contribution >= 4 is 5.96 Å². The van der Waals surface area contributed by atoms with Crippen LogP contribution in [0.2, 0.25) is 0 Å². The number of rotatable bonds is 8. The van der Waals surface area contributed by atoms with E-state index in [2.05, 4.69) is 78.2 Å². The van der Waals surface area contributed by atoms with Gasteiger partial charge in [0, 0.05) is 38.0 Å². The average molecular weight is 441 g/mol. The zero-order chi connectivity index (χ0) is 23.0. The lowest BCUT2D eigenvalue weighted by atomic mass is 10.1. The van der Waals surface area contributed by atoms with Crippen LogP contribution in [0.25, 0.3) is 0 Å². The fourth-order valence-corrected chi connectivity index (χ4v) is 3.91. The molecule has 3 rings (SSSR count). The Labute approximate surface area is 193 Å². The number of aryl methyl sites for hydroxylation is 3. The number of guanidine groups is 1. The van der Waals surface area contributed by atoms with E-state index in [0.29, 0.717) is 6.54 Å². The maximum Gasteiger partial charge on any atom is 0.191 e. The molecule has 2 aromatic rings.